The molecule has 2 nitrogen and oxygen atoms in total. The highest BCUT2D eigenvalue weighted by Crippen LogP contribution is 2.16. The molecule has 0 amide bonds. The summed E-state index contributed by atoms with van der Waals surface area (Å²) < 4.78 is 0. The molecule has 0 rings (SSSR count). The SMILES string of the molecule is CCCCCCC(Br)C(O)C(C)=O. The molecule has 0 aromatic rings. The lowest BCUT2D eigenvalue weighted by Crippen LogP contribution is -2.27. The summed E-state index contributed by atoms with van der Waals surface area (Å²) in [5.41, 5.74) is 0. The largest absolute Gasteiger partial charge is 0.384 e. The van der Waals surface area contributed by atoms with Gasteiger partial charge in [-0.05, 0) is 13.3 Å². The Hall–Kier alpha value is 0.110. The van der Waals surface area contributed by atoms with Crippen molar-refractivity contribution in [2.45, 2.75) is 56.9 Å². The molecule has 3 heteroatoms. The number of ketones is 1. The van der Waals surface area contributed by atoms with Gasteiger partial charge in [-0.1, -0.05) is 48.5 Å². The van der Waals surface area contributed by atoms with Crippen LogP contribution in [0.2, 0.25) is 0 Å². The molecule has 0 aliphatic carbocycles. The number of Topliss-reactive ketones (excluding diaryl/α,β-unsaturated/α-hetero) is 1. The molecule has 0 aromatic carbocycles. The fourth-order valence-corrected chi connectivity index (χ4v) is 1.87. The standard InChI is InChI=1S/C10H19BrO2/c1-3-4-5-6-7-9(11)10(13)8(2)12/h9-10,13H,3-7H2,1-2H3. The lowest BCUT2D eigenvalue weighted by Gasteiger charge is -2.13. The van der Waals surface area contributed by atoms with E-state index in [1.54, 1.807) is 0 Å². The number of unbranched alkanes of at least 4 members (excludes halogenated alkanes) is 3. The van der Waals surface area contributed by atoms with E-state index in [0.29, 0.717) is 0 Å². The molecule has 0 radical (unpaired) electrons. The number of aliphatic hydroxyl groups is 1. The molecule has 2 unspecified atom stereocenters. The first-order valence-electron chi connectivity index (χ1n) is 4.92. The highest BCUT2D eigenvalue weighted by Gasteiger charge is 2.19. The number of rotatable bonds is 7. The van der Waals surface area contributed by atoms with E-state index in [4.69, 9.17) is 0 Å². The predicted molar refractivity (Wildman–Crippen MR) is 58.2 cm³/mol. The third-order valence-corrected chi connectivity index (χ3v) is 3.05. The molecule has 0 spiro atoms. The van der Waals surface area contributed by atoms with Gasteiger partial charge in [0.2, 0.25) is 0 Å². The summed E-state index contributed by atoms with van der Waals surface area (Å²) in [5, 5.41) is 9.36. The number of carbonyl (C=O) groups excluding carboxylic acids is 1. The normalized spacial score (nSPS) is 15.4. The van der Waals surface area contributed by atoms with E-state index >= 15 is 0 Å². The molecule has 0 saturated carbocycles. The molecule has 0 aliphatic heterocycles. The third kappa shape index (κ3) is 6.22. The van der Waals surface area contributed by atoms with E-state index in [-0.39, 0.29) is 10.6 Å². The van der Waals surface area contributed by atoms with E-state index in [9.17, 15) is 9.90 Å². The summed E-state index contributed by atoms with van der Waals surface area (Å²) >= 11 is 3.33. The first kappa shape index (κ1) is 13.1. The fourth-order valence-electron chi connectivity index (χ4n) is 1.18. The van der Waals surface area contributed by atoms with E-state index in [1.807, 2.05) is 0 Å². The van der Waals surface area contributed by atoms with Gasteiger partial charge in [0, 0.05) is 4.83 Å². The Kier molecular flexibility index (Phi) is 7.57. The number of halogens is 1. The van der Waals surface area contributed by atoms with Crippen molar-refractivity contribution >= 4 is 21.7 Å². The van der Waals surface area contributed by atoms with Crippen LogP contribution in [0.5, 0.6) is 0 Å². The highest BCUT2D eigenvalue weighted by molar-refractivity contribution is 9.09. The Morgan fingerprint density at radius 3 is 2.46 bits per heavy atom. The maximum Gasteiger partial charge on any atom is 0.159 e. The van der Waals surface area contributed by atoms with Crippen LogP contribution in [0, 0.1) is 0 Å². The molecule has 2 atom stereocenters. The zero-order chi connectivity index (χ0) is 10.3. The number of carbonyl (C=O) groups is 1. The summed E-state index contributed by atoms with van der Waals surface area (Å²) in [6.45, 7) is 3.58. The Bertz CT molecular complexity index is 148. The number of alkyl halides is 1. The second-order valence-corrected chi connectivity index (χ2v) is 4.60. The maximum atomic E-state index is 10.8. The maximum absolute atomic E-state index is 10.8. The van der Waals surface area contributed by atoms with E-state index in [1.165, 1.54) is 26.2 Å². The van der Waals surface area contributed by atoms with Crippen LogP contribution in [0.1, 0.15) is 46.0 Å². The van der Waals surface area contributed by atoms with Crippen molar-refractivity contribution in [1.82, 2.24) is 0 Å². The van der Waals surface area contributed by atoms with Crippen molar-refractivity contribution in [1.29, 1.82) is 0 Å². The van der Waals surface area contributed by atoms with Crippen molar-refractivity contribution in [2.24, 2.45) is 0 Å². The van der Waals surface area contributed by atoms with Gasteiger partial charge in [0.15, 0.2) is 5.78 Å². The Morgan fingerprint density at radius 1 is 1.38 bits per heavy atom. The van der Waals surface area contributed by atoms with E-state index in [0.717, 1.165) is 12.8 Å². The van der Waals surface area contributed by atoms with Crippen molar-refractivity contribution < 1.29 is 9.90 Å². The molecule has 0 heterocycles. The minimum atomic E-state index is -0.832. The zero-order valence-electron chi connectivity index (χ0n) is 8.42. The zero-order valence-corrected chi connectivity index (χ0v) is 10.0. The average Bonchev–Trinajstić information content (AvgIpc) is 2.10. The lowest BCUT2D eigenvalue weighted by molar-refractivity contribution is -0.124. The highest BCUT2D eigenvalue weighted by atomic mass is 79.9. The summed E-state index contributed by atoms with van der Waals surface area (Å²) in [6, 6.07) is 0. The third-order valence-electron chi connectivity index (χ3n) is 2.09. The van der Waals surface area contributed by atoms with Crippen molar-refractivity contribution in [3.8, 4) is 0 Å². The fraction of sp³-hybridized carbons (Fsp3) is 0.900. The topological polar surface area (TPSA) is 37.3 Å². The molecule has 13 heavy (non-hydrogen) atoms. The second kappa shape index (κ2) is 7.51. The van der Waals surface area contributed by atoms with Gasteiger partial charge in [-0.25, -0.2) is 0 Å². The van der Waals surface area contributed by atoms with Gasteiger partial charge < -0.3 is 5.11 Å². The van der Waals surface area contributed by atoms with Crippen LogP contribution in [0.25, 0.3) is 0 Å². The minimum absolute atomic E-state index is 0.0677. The first-order chi connectivity index (χ1) is 6.09. The summed E-state index contributed by atoms with van der Waals surface area (Å²) in [6.07, 6.45) is 4.75. The van der Waals surface area contributed by atoms with Gasteiger partial charge in [-0.3, -0.25) is 4.79 Å². The number of aliphatic hydroxyl groups excluding tert-OH is 1. The van der Waals surface area contributed by atoms with Gasteiger partial charge in [0.05, 0.1) is 0 Å². The molecule has 78 valence electrons. The van der Waals surface area contributed by atoms with Crippen LogP contribution in [-0.4, -0.2) is 21.8 Å². The second-order valence-electron chi connectivity index (χ2n) is 3.42. The molecule has 0 fully saturated rings. The number of hydrogen-bond donors (Lipinski definition) is 1. The van der Waals surface area contributed by atoms with E-state index < -0.39 is 6.10 Å². The van der Waals surface area contributed by atoms with Gasteiger partial charge in [-0.15, -0.1) is 0 Å². The van der Waals surface area contributed by atoms with Crippen LogP contribution in [0.15, 0.2) is 0 Å². The molecular formula is C10H19BrO2. The summed E-state index contributed by atoms with van der Waals surface area (Å²) in [4.78, 5) is 10.7. The van der Waals surface area contributed by atoms with Crippen LogP contribution < -0.4 is 0 Å². The van der Waals surface area contributed by atoms with Crippen LogP contribution in [-0.2, 0) is 4.79 Å². The average molecular weight is 251 g/mol. The monoisotopic (exact) mass is 250 g/mol. The van der Waals surface area contributed by atoms with Crippen LogP contribution >= 0.6 is 15.9 Å². The van der Waals surface area contributed by atoms with Crippen LogP contribution in [0.3, 0.4) is 0 Å². The van der Waals surface area contributed by atoms with Gasteiger partial charge in [0.1, 0.15) is 6.10 Å². The number of hydrogen-bond acceptors (Lipinski definition) is 2. The van der Waals surface area contributed by atoms with Crippen molar-refractivity contribution in [3.05, 3.63) is 0 Å². The van der Waals surface area contributed by atoms with E-state index in [2.05, 4.69) is 22.9 Å². The van der Waals surface area contributed by atoms with Crippen LogP contribution in [0.4, 0.5) is 0 Å². The molecule has 0 bridgehead atoms. The Labute approximate surface area is 88.8 Å². The summed E-state index contributed by atoms with van der Waals surface area (Å²) in [5.74, 6) is -0.155. The minimum Gasteiger partial charge on any atom is -0.384 e. The van der Waals surface area contributed by atoms with Gasteiger partial charge >= 0.3 is 0 Å². The molecule has 0 aliphatic rings. The van der Waals surface area contributed by atoms with Crippen molar-refractivity contribution in [2.75, 3.05) is 0 Å². The van der Waals surface area contributed by atoms with Gasteiger partial charge in [0.25, 0.3) is 0 Å². The smallest absolute Gasteiger partial charge is 0.159 e. The Morgan fingerprint density at radius 2 is 2.00 bits per heavy atom. The lowest BCUT2D eigenvalue weighted by atomic mass is 10.1. The molecular weight excluding hydrogens is 232 g/mol. The molecule has 0 aromatic heterocycles. The van der Waals surface area contributed by atoms with Gasteiger partial charge in [-0.2, -0.15) is 0 Å². The summed E-state index contributed by atoms with van der Waals surface area (Å²) in [7, 11) is 0. The first-order valence-corrected chi connectivity index (χ1v) is 5.83. The quantitative estimate of drug-likeness (QED) is 0.558. The molecule has 1 N–H and O–H groups in total. The predicted octanol–water partition coefficient (Wildman–Crippen LogP) is 2.67. The Balaban J connectivity index is 3.50. The molecule has 0 saturated heterocycles. The van der Waals surface area contributed by atoms with Crippen molar-refractivity contribution in [3.63, 3.8) is 0 Å².